The maximum atomic E-state index is 13.1. The van der Waals surface area contributed by atoms with E-state index in [1.54, 1.807) is 6.07 Å². The summed E-state index contributed by atoms with van der Waals surface area (Å²) in [6.07, 6.45) is 1.65. The van der Waals surface area contributed by atoms with E-state index in [9.17, 15) is 4.39 Å². The summed E-state index contributed by atoms with van der Waals surface area (Å²) in [7, 11) is 0. The van der Waals surface area contributed by atoms with Gasteiger partial charge in [-0.05, 0) is 30.5 Å². The molecular weight excluding hydrogens is 309 g/mol. The molecule has 0 amide bonds. The summed E-state index contributed by atoms with van der Waals surface area (Å²) >= 11 is 3.38. The summed E-state index contributed by atoms with van der Waals surface area (Å²) in [6, 6.07) is 4.69. The van der Waals surface area contributed by atoms with E-state index in [-0.39, 0.29) is 5.82 Å². The van der Waals surface area contributed by atoms with Crippen LogP contribution in [0.5, 0.6) is 0 Å². The van der Waals surface area contributed by atoms with Gasteiger partial charge in [0.25, 0.3) is 0 Å². The van der Waals surface area contributed by atoms with Crippen LogP contribution in [0.3, 0.4) is 0 Å². The Morgan fingerprint density at radius 3 is 2.63 bits per heavy atom. The van der Waals surface area contributed by atoms with Crippen LogP contribution in [0.15, 0.2) is 22.7 Å². The minimum Gasteiger partial charge on any atom is -0.396 e. The Morgan fingerprint density at radius 1 is 1.32 bits per heavy atom. The summed E-state index contributed by atoms with van der Waals surface area (Å²) in [5, 5.41) is 4.53. The van der Waals surface area contributed by atoms with Gasteiger partial charge in [0.05, 0.1) is 23.6 Å². The maximum absolute atomic E-state index is 13.1. The molecule has 1 aromatic heterocycles. The molecule has 0 bridgehead atoms. The fraction of sp³-hybridized carbons (Fsp3) is 0.357. The molecule has 102 valence electrons. The molecule has 0 aliphatic rings. The SMILES string of the molecule is CCc1nn(Cc2ccc(F)cc2Br)c(CC)c1N. The lowest BCUT2D eigenvalue weighted by molar-refractivity contribution is 0.617. The third-order valence-electron chi connectivity index (χ3n) is 3.18. The fourth-order valence-electron chi connectivity index (χ4n) is 2.14. The molecule has 0 unspecified atom stereocenters. The molecule has 0 radical (unpaired) electrons. The van der Waals surface area contributed by atoms with Crippen molar-refractivity contribution in [2.75, 3.05) is 5.73 Å². The first-order chi connectivity index (χ1) is 9.06. The second kappa shape index (κ2) is 5.74. The Hall–Kier alpha value is -1.36. The first-order valence-electron chi connectivity index (χ1n) is 6.34. The predicted octanol–water partition coefficient (Wildman–Crippen LogP) is 3.54. The number of nitrogen functional groups attached to an aromatic ring is 1. The van der Waals surface area contributed by atoms with Crippen LogP contribution in [-0.4, -0.2) is 9.78 Å². The van der Waals surface area contributed by atoms with E-state index in [1.807, 2.05) is 11.6 Å². The van der Waals surface area contributed by atoms with Crippen molar-refractivity contribution in [1.82, 2.24) is 9.78 Å². The number of hydrogen-bond acceptors (Lipinski definition) is 2. The van der Waals surface area contributed by atoms with Gasteiger partial charge in [0.2, 0.25) is 0 Å². The molecule has 0 aliphatic carbocycles. The Balaban J connectivity index is 2.37. The zero-order valence-electron chi connectivity index (χ0n) is 11.1. The third kappa shape index (κ3) is 2.81. The van der Waals surface area contributed by atoms with Crippen molar-refractivity contribution in [2.45, 2.75) is 33.2 Å². The average Bonchev–Trinajstić information content (AvgIpc) is 2.68. The number of benzene rings is 1. The highest BCUT2D eigenvalue weighted by atomic mass is 79.9. The van der Waals surface area contributed by atoms with E-state index in [1.165, 1.54) is 12.1 Å². The number of aromatic nitrogens is 2. The van der Waals surface area contributed by atoms with E-state index >= 15 is 0 Å². The summed E-state index contributed by atoms with van der Waals surface area (Å²) in [5.74, 6) is -0.249. The maximum Gasteiger partial charge on any atom is 0.124 e. The molecule has 19 heavy (non-hydrogen) atoms. The molecule has 0 atom stereocenters. The Kier molecular flexibility index (Phi) is 4.24. The largest absolute Gasteiger partial charge is 0.396 e. The van der Waals surface area contributed by atoms with E-state index in [0.717, 1.165) is 40.0 Å². The van der Waals surface area contributed by atoms with E-state index in [4.69, 9.17) is 5.73 Å². The Labute approximate surface area is 120 Å². The van der Waals surface area contributed by atoms with Crippen LogP contribution in [0.1, 0.15) is 30.8 Å². The fourth-order valence-corrected chi connectivity index (χ4v) is 2.62. The van der Waals surface area contributed by atoms with Crippen LogP contribution in [-0.2, 0) is 19.4 Å². The minimum atomic E-state index is -0.249. The van der Waals surface area contributed by atoms with Gasteiger partial charge in [-0.25, -0.2) is 4.39 Å². The van der Waals surface area contributed by atoms with Crippen molar-refractivity contribution in [3.05, 3.63) is 45.4 Å². The summed E-state index contributed by atoms with van der Waals surface area (Å²) in [5.41, 5.74) is 9.82. The van der Waals surface area contributed by atoms with Crippen LogP contribution in [0.2, 0.25) is 0 Å². The predicted molar refractivity (Wildman–Crippen MR) is 78.6 cm³/mol. The van der Waals surface area contributed by atoms with E-state index < -0.39 is 0 Å². The number of nitrogens with zero attached hydrogens (tertiary/aromatic N) is 2. The first kappa shape index (κ1) is 14.1. The molecule has 5 heteroatoms. The molecule has 2 rings (SSSR count). The molecule has 2 aromatic rings. The van der Waals surface area contributed by atoms with Crippen molar-refractivity contribution in [3.63, 3.8) is 0 Å². The second-order valence-electron chi connectivity index (χ2n) is 4.41. The van der Waals surface area contributed by atoms with Crippen LogP contribution in [0.4, 0.5) is 10.1 Å². The number of hydrogen-bond donors (Lipinski definition) is 1. The van der Waals surface area contributed by atoms with Crippen LogP contribution >= 0.6 is 15.9 Å². The summed E-state index contributed by atoms with van der Waals surface area (Å²) < 4.78 is 15.7. The van der Waals surface area contributed by atoms with Crippen molar-refractivity contribution < 1.29 is 4.39 Å². The Bertz CT molecular complexity index is 593. The standard InChI is InChI=1S/C14H17BrFN3/c1-3-12-14(17)13(4-2)19(18-12)8-9-5-6-10(16)7-11(9)15/h5-7H,3-4,8,17H2,1-2H3. The molecule has 0 aliphatic heterocycles. The minimum absolute atomic E-state index is 0.249. The molecule has 0 fully saturated rings. The quantitative estimate of drug-likeness (QED) is 0.934. The van der Waals surface area contributed by atoms with Gasteiger partial charge in [0.1, 0.15) is 5.82 Å². The van der Waals surface area contributed by atoms with Crippen LogP contribution in [0.25, 0.3) is 0 Å². The second-order valence-corrected chi connectivity index (χ2v) is 5.26. The first-order valence-corrected chi connectivity index (χ1v) is 7.14. The average molecular weight is 326 g/mol. The van der Waals surface area contributed by atoms with E-state index in [2.05, 4.69) is 28.0 Å². The van der Waals surface area contributed by atoms with Crippen molar-refractivity contribution in [2.24, 2.45) is 0 Å². The van der Waals surface area contributed by atoms with E-state index in [0.29, 0.717) is 6.54 Å². The molecule has 3 nitrogen and oxygen atoms in total. The lowest BCUT2D eigenvalue weighted by Gasteiger charge is -2.08. The van der Waals surface area contributed by atoms with Gasteiger partial charge < -0.3 is 5.73 Å². The summed E-state index contributed by atoms with van der Waals surface area (Å²) in [6.45, 7) is 4.69. The smallest absolute Gasteiger partial charge is 0.124 e. The van der Waals surface area contributed by atoms with Gasteiger partial charge in [-0.2, -0.15) is 5.10 Å². The van der Waals surface area contributed by atoms with Gasteiger partial charge in [-0.1, -0.05) is 35.8 Å². The molecule has 0 saturated carbocycles. The van der Waals surface area contributed by atoms with Crippen LogP contribution in [0, 0.1) is 5.82 Å². The summed E-state index contributed by atoms with van der Waals surface area (Å²) in [4.78, 5) is 0. The molecule has 1 aromatic carbocycles. The van der Waals surface area contributed by atoms with Gasteiger partial charge >= 0.3 is 0 Å². The van der Waals surface area contributed by atoms with Crippen molar-refractivity contribution in [1.29, 1.82) is 0 Å². The van der Waals surface area contributed by atoms with Gasteiger partial charge in [0.15, 0.2) is 0 Å². The molecule has 0 saturated heterocycles. The number of rotatable bonds is 4. The normalized spacial score (nSPS) is 10.9. The third-order valence-corrected chi connectivity index (χ3v) is 3.92. The van der Waals surface area contributed by atoms with Crippen LogP contribution < -0.4 is 5.73 Å². The molecule has 1 heterocycles. The zero-order valence-corrected chi connectivity index (χ0v) is 12.7. The van der Waals surface area contributed by atoms with Crippen molar-refractivity contribution in [3.8, 4) is 0 Å². The highest BCUT2D eigenvalue weighted by molar-refractivity contribution is 9.10. The molecular formula is C14H17BrFN3. The van der Waals surface area contributed by atoms with Gasteiger partial charge in [-0.15, -0.1) is 0 Å². The highest BCUT2D eigenvalue weighted by Crippen LogP contribution is 2.23. The zero-order chi connectivity index (χ0) is 14.0. The number of anilines is 1. The molecule has 2 N–H and O–H groups in total. The number of nitrogens with two attached hydrogens (primary N) is 1. The number of aryl methyl sites for hydroxylation is 1. The van der Waals surface area contributed by atoms with Crippen molar-refractivity contribution >= 4 is 21.6 Å². The van der Waals surface area contributed by atoms with Gasteiger partial charge in [0, 0.05) is 4.47 Å². The topological polar surface area (TPSA) is 43.8 Å². The highest BCUT2D eigenvalue weighted by Gasteiger charge is 2.13. The number of halogens is 2. The van der Waals surface area contributed by atoms with Gasteiger partial charge in [-0.3, -0.25) is 4.68 Å². The lowest BCUT2D eigenvalue weighted by atomic mass is 10.2. The Morgan fingerprint density at radius 2 is 2.05 bits per heavy atom. The molecule has 0 spiro atoms. The lowest BCUT2D eigenvalue weighted by Crippen LogP contribution is -2.07. The monoisotopic (exact) mass is 325 g/mol.